The molecule has 0 radical (unpaired) electrons. The van der Waals surface area contributed by atoms with Crippen molar-refractivity contribution in [2.75, 3.05) is 13.1 Å². The number of likely N-dealkylation sites (tertiary alicyclic amines) is 1. The molecule has 1 aliphatic rings. The standard InChI is InChI=1S/C18H26N2O2/c1-14(9-10-15-6-3-2-4-7-15)12-17(21)20-11-5-8-16(13-20)18(19)22/h2-4,6-7,14,16H,5,8-13H2,1H3,(H2,19,22)/t14-,16-/m0/s1. The molecule has 120 valence electrons. The number of piperidine rings is 1. The molecule has 4 nitrogen and oxygen atoms in total. The maximum absolute atomic E-state index is 12.4. The molecule has 1 fully saturated rings. The van der Waals surface area contributed by atoms with E-state index >= 15 is 0 Å². The van der Waals surface area contributed by atoms with Gasteiger partial charge >= 0.3 is 0 Å². The highest BCUT2D eigenvalue weighted by Gasteiger charge is 2.27. The highest BCUT2D eigenvalue weighted by Crippen LogP contribution is 2.19. The summed E-state index contributed by atoms with van der Waals surface area (Å²) < 4.78 is 0. The zero-order chi connectivity index (χ0) is 15.9. The van der Waals surface area contributed by atoms with Gasteiger partial charge in [-0.25, -0.2) is 0 Å². The van der Waals surface area contributed by atoms with Crippen LogP contribution in [0.25, 0.3) is 0 Å². The molecule has 2 amide bonds. The molecular formula is C18H26N2O2. The van der Waals surface area contributed by atoms with Crippen molar-refractivity contribution in [2.45, 2.75) is 39.0 Å². The van der Waals surface area contributed by atoms with E-state index in [2.05, 4.69) is 19.1 Å². The van der Waals surface area contributed by atoms with E-state index in [0.29, 0.717) is 18.9 Å². The van der Waals surface area contributed by atoms with Crippen molar-refractivity contribution in [2.24, 2.45) is 17.6 Å². The van der Waals surface area contributed by atoms with Crippen LogP contribution in [0.3, 0.4) is 0 Å². The third-order valence-electron chi connectivity index (χ3n) is 4.47. The van der Waals surface area contributed by atoms with Crippen LogP contribution in [0.15, 0.2) is 30.3 Å². The van der Waals surface area contributed by atoms with E-state index in [9.17, 15) is 9.59 Å². The summed E-state index contributed by atoms with van der Waals surface area (Å²) in [6.45, 7) is 3.38. The van der Waals surface area contributed by atoms with E-state index in [1.165, 1.54) is 5.56 Å². The van der Waals surface area contributed by atoms with Crippen LogP contribution in [0.5, 0.6) is 0 Å². The maximum Gasteiger partial charge on any atom is 0.222 e. The van der Waals surface area contributed by atoms with Gasteiger partial charge in [-0.2, -0.15) is 0 Å². The Kier molecular flexibility index (Phi) is 5.99. The molecule has 4 heteroatoms. The minimum Gasteiger partial charge on any atom is -0.369 e. The van der Waals surface area contributed by atoms with Crippen LogP contribution in [0, 0.1) is 11.8 Å². The van der Waals surface area contributed by atoms with Crippen LogP contribution in [0.1, 0.15) is 38.2 Å². The van der Waals surface area contributed by atoms with E-state index in [1.807, 2.05) is 23.1 Å². The minimum absolute atomic E-state index is 0.159. The van der Waals surface area contributed by atoms with Crippen molar-refractivity contribution in [3.05, 3.63) is 35.9 Å². The average molecular weight is 302 g/mol. The van der Waals surface area contributed by atoms with Crippen LogP contribution >= 0.6 is 0 Å². The van der Waals surface area contributed by atoms with Crippen LogP contribution in [-0.4, -0.2) is 29.8 Å². The lowest BCUT2D eigenvalue weighted by Crippen LogP contribution is -2.44. The van der Waals surface area contributed by atoms with Crippen LogP contribution in [0.2, 0.25) is 0 Å². The molecule has 1 saturated heterocycles. The summed E-state index contributed by atoms with van der Waals surface area (Å²) in [5.74, 6) is 0.0557. The normalized spacial score (nSPS) is 19.7. The number of hydrogen-bond acceptors (Lipinski definition) is 2. The zero-order valence-corrected chi connectivity index (χ0v) is 13.3. The summed E-state index contributed by atoms with van der Waals surface area (Å²) in [6, 6.07) is 10.3. The van der Waals surface area contributed by atoms with E-state index in [-0.39, 0.29) is 17.7 Å². The monoisotopic (exact) mass is 302 g/mol. The Bertz CT molecular complexity index is 501. The van der Waals surface area contributed by atoms with Gasteiger partial charge in [0.15, 0.2) is 0 Å². The lowest BCUT2D eigenvalue weighted by Gasteiger charge is -2.32. The van der Waals surface area contributed by atoms with Crippen LogP contribution in [0.4, 0.5) is 0 Å². The zero-order valence-electron chi connectivity index (χ0n) is 13.3. The van der Waals surface area contributed by atoms with Gasteiger partial charge in [0.2, 0.25) is 11.8 Å². The summed E-state index contributed by atoms with van der Waals surface area (Å²) in [6.07, 6.45) is 4.24. The number of hydrogen-bond donors (Lipinski definition) is 1. The highest BCUT2D eigenvalue weighted by atomic mass is 16.2. The van der Waals surface area contributed by atoms with Gasteiger partial charge in [-0.15, -0.1) is 0 Å². The number of nitrogens with two attached hydrogens (primary N) is 1. The fraction of sp³-hybridized carbons (Fsp3) is 0.556. The summed E-state index contributed by atoms with van der Waals surface area (Å²) in [4.78, 5) is 25.5. The predicted molar refractivity (Wildman–Crippen MR) is 87.0 cm³/mol. The number of carbonyl (C=O) groups excluding carboxylic acids is 2. The molecule has 0 saturated carbocycles. The van der Waals surface area contributed by atoms with Crippen molar-refractivity contribution in [3.8, 4) is 0 Å². The third-order valence-corrected chi connectivity index (χ3v) is 4.47. The quantitative estimate of drug-likeness (QED) is 0.877. The van der Waals surface area contributed by atoms with Gasteiger partial charge in [-0.3, -0.25) is 9.59 Å². The molecule has 22 heavy (non-hydrogen) atoms. The Labute approximate surface area is 132 Å². The summed E-state index contributed by atoms with van der Waals surface area (Å²) in [5, 5.41) is 0. The molecule has 1 aromatic rings. The molecule has 1 aromatic carbocycles. The molecule has 1 aliphatic heterocycles. The summed E-state index contributed by atoms with van der Waals surface area (Å²) in [5.41, 5.74) is 6.68. The second kappa shape index (κ2) is 7.97. The van der Waals surface area contributed by atoms with E-state index in [1.54, 1.807) is 0 Å². The van der Waals surface area contributed by atoms with Crippen LogP contribution in [-0.2, 0) is 16.0 Å². The summed E-state index contributed by atoms with van der Waals surface area (Å²) >= 11 is 0. The molecule has 0 bridgehead atoms. The van der Waals surface area contributed by atoms with Crippen molar-refractivity contribution >= 4 is 11.8 Å². The SMILES string of the molecule is C[C@@H](CCc1ccccc1)CC(=O)N1CCC[C@H](C(N)=O)C1. The van der Waals surface area contributed by atoms with Gasteiger partial charge in [0.05, 0.1) is 5.92 Å². The fourth-order valence-corrected chi connectivity index (χ4v) is 3.02. The smallest absolute Gasteiger partial charge is 0.222 e. The second-order valence-corrected chi connectivity index (χ2v) is 6.41. The average Bonchev–Trinajstić information content (AvgIpc) is 2.54. The molecule has 0 spiro atoms. The molecule has 1 heterocycles. The number of benzene rings is 1. The Balaban J connectivity index is 1.77. The molecule has 0 aromatic heterocycles. The second-order valence-electron chi connectivity index (χ2n) is 6.41. The Hall–Kier alpha value is -1.84. The lowest BCUT2D eigenvalue weighted by molar-refractivity contribution is -0.135. The van der Waals surface area contributed by atoms with Crippen molar-refractivity contribution in [3.63, 3.8) is 0 Å². The van der Waals surface area contributed by atoms with Gasteiger partial charge in [0, 0.05) is 19.5 Å². The number of carbonyl (C=O) groups is 2. The van der Waals surface area contributed by atoms with E-state index in [4.69, 9.17) is 5.73 Å². The summed E-state index contributed by atoms with van der Waals surface area (Å²) in [7, 11) is 0. The molecular weight excluding hydrogens is 276 g/mol. The molecule has 2 atom stereocenters. The number of aryl methyl sites for hydroxylation is 1. The number of primary amides is 1. The molecule has 0 aliphatic carbocycles. The first kappa shape index (κ1) is 16.5. The first-order valence-corrected chi connectivity index (χ1v) is 8.17. The maximum atomic E-state index is 12.4. The Morgan fingerprint density at radius 1 is 1.32 bits per heavy atom. The first-order valence-electron chi connectivity index (χ1n) is 8.17. The van der Waals surface area contributed by atoms with Crippen molar-refractivity contribution in [1.82, 2.24) is 4.90 Å². The topological polar surface area (TPSA) is 63.4 Å². The molecule has 2 N–H and O–H groups in total. The van der Waals surface area contributed by atoms with Gasteiger partial charge < -0.3 is 10.6 Å². The van der Waals surface area contributed by atoms with Gasteiger partial charge in [0.1, 0.15) is 0 Å². The van der Waals surface area contributed by atoms with Crippen molar-refractivity contribution < 1.29 is 9.59 Å². The lowest BCUT2D eigenvalue weighted by atomic mass is 9.94. The molecule has 2 rings (SSSR count). The van der Waals surface area contributed by atoms with Crippen molar-refractivity contribution in [1.29, 1.82) is 0 Å². The number of rotatable bonds is 6. The minimum atomic E-state index is -0.283. The van der Waals surface area contributed by atoms with Crippen LogP contribution < -0.4 is 5.73 Å². The first-order chi connectivity index (χ1) is 10.6. The van der Waals surface area contributed by atoms with Gasteiger partial charge in [-0.1, -0.05) is 37.3 Å². The largest absolute Gasteiger partial charge is 0.369 e. The molecule has 0 unspecified atom stereocenters. The van der Waals surface area contributed by atoms with E-state index < -0.39 is 0 Å². The number of amides is 2. The Morgan fingerprint density at radius 2 is 2.05 bits per heavy atom. The highest BCUT2D eigenvalue weighted by molar-refractivity contribution is 5.80. The van der Waals surface area contributed by atoms with E-state index in [0.717, 1.165) is 32.2 Å². The van der Waals surface area contributed by atoms with Gasteiger partial charge in [0.25, 0.3) is 0 Å². The van der Waals surface area contributed by atoms with Gasteiger partial charge in [-0.05, 0) is 37.2 Å². The Morgan fingerprint density at radius 3 is 2.73 bits per heavy atom. The number of nitrogens with zero attached hydrogens (tertiary/aromatic N) is 1. The third kappa shape index (κ3) is 4.86. The predicted octanol–water partition coefficient (Wildman–Crippen LogP) is 2.37. The fourth-order valence-electron chi connectivity index (χ4n) is 3.02.